The van der Waals surface area contributed by atoms with Crippen LogP contribution in [0.15, 0.2) is 36.4 Å². The molecule has 1 nitrogen and oxygen atoms in total. The van der Waals surface area contributed by atoms with E-state index in [0.717, 1.165) is 12.0 Å². The van der Waals surface area contributed by atoms with Crippen LogP contribution in [0.1, 0.15) is 22.3 Å². The Labute approximate surface area is 124 Å². The molecule has 0 radical (unpaired) electrons. The fourth-order valence-electron chi connectivity index (χ4n) is 2.55. The van der Waals surface area contributed by atoms with Crippen molar-refractivity contribution in [2.24, 2.45) is 5.73 Å². The van der Waals surface area contributed by atoms with E-state index < -0.39 is 0 Å². The van der Waals surface area contributed by atoms with Crippen molar-refractivity contribution < 1.29 is 4.39 Å². The summed E-state index contributed by atoms with van der Waals surface area (Å²) in [5.74, 6) is -0.386. The highest BCUT2D eigenvalue weighted by Gasteiger charge is 2.11. The van der Waals surface area contributed by atoms with Crippen molar-refractivity contribution in [3.63, 3.8) is 0 Å². The van der Waals surface area contributed by atoms with Gasteiger partial charge >= 0.3 is 0 Å². The average Bonchev–Trinajstić information content (AvgIpc) is 2.33. The van der Waals surface area contributed by atoms with Crippen molar-refractivity contribution in [2.45, 2.75) is 32.7 Å². The molecule has 1 atom stereocenters. The fraction of sp³-hybridized carbons (Fsp3) is 0.294. The summed E-state index contributed by atoms with van der Waals surface area (Å²) >= 11 is 5.96. The third kappa shape index (κ3) is 3.81. The molecule has 0 aliphatic carbocycles. The number of benzene rings is 2. The summed E-state index contributed by atoms with van der Waals surface area (Å²) in [6, 6.07) is 11.2. The first kappa shape index (κ1) is 15.0. The quantitative estimate of drug-likeness (QED) is 0.897. The molecule has 106 valence electrons. The Bertz CT molecular complexity index is 590. The maximum atomic E-state index is 13.4. The zero-order chi connectivity index (χ0) is 14.7. The minimum atomic E-state index is -0.386. The molecule has 3 heteroatoms. The minimum absolute atomic E-state index is 0.0736. The highest BCUT2D eigenvalue weighted by atomic mass is 35.5. The van der Waals surface area contributed by atoms with E-state index in [-0.39, 0.29) is 16.9 Å². The molecule has 2 aromatic rings. The number of rotatable bonds is 4. The van der Waals surface area contributed by atoms with Gasteiger partial charge in [-0.15, -0.1) is 0 Å². The lowest BCUT2D eigenvalue weighted by Crippen LogP contribution is -2.25. The molecule has 0 amide bonds. The van der Waals surface area contributed by atoms with Crippen molar-refractivity contribution >= 4 is 11.6 Å². The molecular weight excluding hydrogens is 273 g/mol. The third-order valence-corrected chi connectivity index (χ3v) is 3.72. The molecule has 0 fully saturated rings. The second kappa shape index (κ2) is 6.38. The van der Waals surface area contributed by atoms with Crippen LogP contribution in [0.3, 0.4) is 0 Å². The van der Waals surface area contributed by atoms with Crippen molar-refractivity contribution in [3.05, 3.63) is 69.5 Å². The van der Waals surface area contributed by atoms with Crippen LogP contribution in [0, 0.1) is 19.7 Å². The number of hydrogen-bond acceptors (Lipinski definition) is 1. The van der Waals surface area contributed by atoms with E-state index in [9.17, 15) is 4.39 Å². The van der Waals surface area contributed by atoms with Crippen LogP contribution in [0.2, 0.25) is 5.02 Å². The third-order valence-electron chi connectivity index (χ3n) is 3.29. The molecule has 2 N–H and O–H groups in total. The van der Waals surface area contributed by atoms with E-state index in [1.807, 2.05) is 6.07 Å². The van der Waals surface area contributed by atoms with Crippen molar-refractivity contribution in [2.75, 3.05) is 0 Å². The maximum Gasteiger partial charge on any atom is 0.142 e. The molecule has 1 unspecified atom stereocenters. The minimum Gasteiger partial charge on any atom is -0.327 e. The number of halogens is 2. The lowest BCUT2D eigenvalue weighted by molar-refractivity contribution is 0.618. The molecule has 2 rings (SSSR count). The largest absolute Gasteiger partial charge is 0.327 e. The summed E-state index contributed by atoms with van der Waals surface area (Å²) < 4.78 is 13.4. The predicted molar refractivity (Wildman–Crippen MR) is 82.7 cm³/mol. The molecule has 0 aliphatic heterocycles. The van der Waals surface area contributed by atoms with Crippen LogP contribution in [-0.4, -0.2) is 6.04 Å². The molecule has 0 spiro atoms. The fourth-order valence-corrected chi connectivity index (χ4v) is 2.75. The smallest absolute Gasteiger partial charge is 0.142 e. The Kier molecular flexibility index (Phi) is 4.79. The van der Waals surface area contributed by atoms with Gasteiger partial charge in [-0.05, 0) is 43.9 Å². The van der Waals surface area contributed by atoms with Crippen molar-refractivity contribution in [1.29, 1.82) is 0 Å². The van der Waals surface area contributed by atoms with E-state index in [4.69, 9.17) is 17.3 Å². The van der Waals surface area contributed by atoms with Crippen LogP contribution in [0.5, 0.6) is 0 Å². The Hall–Kier alpha value is -1.38. The van der Waals surface area contributed by atoms with Gasteiger partial charge in [-0.1, -0.05) is 53.1 Å². The van der Waals surface area contributed by atoms with Gasteiger partial charge in [-0.2, -0.15) is 0 Å². The van der Waals surface area contributed by atoms with Crippen LogP contribution < -0.4 is 5.73 Å². The highest BCUT2D eigenvalue weighted by molar-refractivity contribution is 6.31. The van der Waals surface area contributed by atoms with E-state index in [1.54, 1.807) is 6.07 Å². The highest BCUT2D eigenvalue weighted by Crippen LogP contribution is 2.21. The van der Waals surface area contributed by atoms with E-state index in [1.165, 1.54) is 22.8 Å². The molecule has 2 aromatic carbocycles. The van der Waals surface area contributed by atoms with Gasteiger partial charge in [0, 0.05) is 6.04 Å². The zero-order valence-electron chi connectivity index (χ0n) is 11.8. The van der Waals surface area contributed by atoms with Gasteiger partial charge < -0.3 is 5.73 Å². The topological polar surface area (TPSA) is 26.0 Å². The summed E-state index contributed by atoms with van der Waals surface area (Å²) in [4.78, 5) is 0. The predicted octanol–water partition coefficient (Wildman–Crippen LogP) is 4.21. The average molecular weight is 292 g/mol. The van der Waals surface area contributed by atoms with Crippen LogP contribution in [0.25, 0.3) is 0 Å². The van der Waals surface area contributed by atoms with E-state index in [0.29, 0.717) is 6.42 Å². The van der Waals surface area contributed by atoms with Gasteiger partial charge in [-0.3, -0.25) is 0 Å². The molecule has 0 aliphatic rings. The first-order valence-electron chi connectivity index (χ1n) is 6.71. The Balaban J connectivity index is 2.09. The lowest BCUT2D eigenvalue weighted by atomic mass is 9.97. The SMILES string of the molecule is Cc1cc(C)cc(CC(N)Cc2cccc(F)c2Cl)c1. The number of aryl methyl sites for hydroxylation is 2. The summed E-state index contributed by atoms with van der Waals surface area (Å²) in [5.41, 5.74) is 10.6. The van der Waals surface area contributed by atoms with Gasteiger partial charge in [0.25, 0.3) is 0 Å². The van der Waals surface area contributed by atoms with Crippen LogP contribution >= 0.6 is 11.6 Å². The van der Waals surface area contributed by atoms with Gasteiger partial charge in [-0.25, -0.2) is 4.39 Å². The molecule has 20 heavy (non-hydrogen) atoms. The molecule has 0 aromatic heterocycles. The molecule has 0 heterocycles. The van der Waals surface area contributed by atoms with Gasteiger partial charge in [0.15, 0.2) is 0 Å². The van der Waals surface area contributed by atoms with Crippen molar-refractivity contribution in [1.82, 2.24) is 0 Å². The van der Waals surface area contributed by atoms with Crippen LogP contribution in [0.4, 0.5) is 4.39 Å². The second-order valence-electron chi connectivity index (χ2n) is 5.38. The van der Waals surface area contributed by atoms with Gasteiger partial charge in [0.2, 0.25) is 0 Å². The Morgan fingerprint density at radius 2 is 1.75 bits per heavy atom. The van der Waals surface area contributed by atoms with Crippen molar-refractivity contribution in [3.8, 4) is 0 Å². The number of nitrogens with two attached hydrogens (primary N) is 1. The molecule has 0 saturated heterocycles. The summed E-state index contributed by atoms with van der Waals surface area (Å²) in [6.07, 6.45) is 1.33. The molecule has 0 saturated carbocycles. The van der Waals surface area contributed by atoms with E-state index >= 15 is 0 Å². The standard InChI is InChI=1S/C17H19ClFN/c1-11-6-12(2)8-13(7-11)9-15(20)10-14-4-3-5-16(19)17(14)18/h3-8,15H,9-10,20H2,1-2H3. The monoisotopic (exact) mass is 291 g/mol. The van der Waals surface area contributed by atoms with Gasteiger partial charge in [0.1, 0.15) is 5.82 Å². The Morgan fingerprint density at radius 1 is 1.10 bits per heavy atom. The maximum absolute atomic E-state index is 13.4. The molecular formula is C17H19ClFN. The zero-order valence-corrected chi connectivity index (χ0v) is 12.5. The van der Waals surface area contributed by atoms with E-state index in [2.05, 4.69) is 32.0 Å². The second-order valence-corrected chi connectivity index (χ2v) is 5.76. The summed E-state index contributed by atoms with van der Waals surface area (Å²) in [5, 5.41) is 0.184. The normalized spacial score (nSPS) is 12.4. The summed E-state index contributed by atoms with van der Waals surface area (Å²) in [7, 11) is 0. The first-order valence-corrected chi connectivity index (χ1v) is 7.09. The van der Waals surface area contributed by atoms with Crippen LogP contribution in [-0.2, 0) is 12.8 Å². The first-order chi connectivity index (χ1) is 9.45. The Morgan fingerprint density at radius 3 is 2.40 bits per heavy atom. The number of hydrogen-bond donors (Lipinski definition) is 1. The summed E-state index contributed by atoms with van der Waals surface area (Å²) in [6.45, 7) is 4.15. The lowest BCUT2D eigenvalue weighted by Gasteiger charge is -2.14. The molecule has 0 bridgehead atoms. The van der Waals surface area contributed by atoms with Gasteiger partial charge in [0.05, 0.1) is 5.02 Å².